The van der Waals surface area contributed by atoms with E-state index >= 15 is 0 Å². The Morgan fingerprint density at radius 2 is 2.12 bits per heavy atom. The quantitative estimate of drug-likeness (QED) is 0.826. The van der Waals surface area contributed by atoms with E-state index in [-0.39, 0.29) is 6.04 Å². The van der Waals surface area contributed by atoms with Gasteiger partial charge in [0.05, 0.1) is 6.61 Å². The van der Waals surface area contributed by atoms with Crippen LogP contribution >= 0.6 is 0 Å². The van der Waals surface area contributed by atoms with Crippen LogP contribution in [-0.2, 0) is 6.42 Å². The lowest BCUT2D eigenvalue weighted by atomic mass is 9.86. The van der Waals surface area contributed by atoms with E-state index in [0.29, 0.717) is 0 Å². The van der Waals surface area contributed by atoms with Crippen LogP contribution in [0.3, 0.4) is 0 Å². The van der Waals surface area contributed by atoms with Crippen LogP contribution in [0.2, 0.25) is 0 Å². The van der Waals surface area contributed by atoms with Crippen molar-refractivity contribution in [2.24, 2.45) is 11.7 Å². The molecule has 2 nitrogen and oxygen atoms in total. The van der Waals surface area contributed by atoms with Gasteiger partial charge in [-0.2, -0.15) is 0 Å². The van der Waals surface area contributed by atoms with Gasteiger partial charge >= 0.3 is 0 Å². The van der Waals surface area contributed by atoms with Crippen LogP contribution in [0.25, 0.3) is 0 Å². The molecule has 1 saturated carbocycles. The number of rotatable bonds is 5. The largest absolute Gasteiger partial charge is 0.493 e. The summed E-state index contributed by atoms with van der Waals surface area (Å²) in [5, 5.41) is 0. The highest BCUT2D eigenvalue weighted by atomic mass is 16.5. The first-order valence-corrected chi connectivity index (χ1v) is 6.22. The highest BCUT2D eigenvalue weighted by molar-refractivity contribution is 5.33. The minimum atomic E-state index is 0.188. The molecule has 1 aliphatic rings. The number of hydrogen-bond donors (Lipinski definition) is 1. The Bertz CT molecular complexity index is 331. The second kappa shape index (κ2) is 5.35. The van der Waals surface area contributed by atoms with Crippen LogP contribution in [-0.4, -0.2) is 12.6 Å². The molecule has 1 aromatic carbocycles. The summed E-state index contributed by atoms with van der Waals surface area (Å²) >= 11 is 0. The lowest BCUT2D eigenvalue weighted by Gasteiger charge is -2.25. The Hall–Kier alpha value is -1.02. The van der Waals surface area contributed by atoms with Crippen LogP contribution in [0.4, 0.5) is 0 Å². The Morgan fingerprint density at radius 3 is 2.75 bits per heavy atom. The maximum absolute atomic E-state index is 5.89. The molecule has 0 saturated heterocycles. The van der Waals surface area contributed by atoms with Crippen LogP contribution in [0.1, 0.15) is 31.7 Å². The number of hydrogen-bond acceptors (Lipinski definition) is 2. The first kappa shape index (κ1) is 11.5. The predicted octanol–water partition coefficient (Wildman–Crippen LogP) is 2.76. The lowest BCUT2D eigenvalue weighted by molar-refractivity contribution is 0.179. The Labute approximate surface area is 97.8 Å². The monoisotopic (exact) mass is 219 g/mol. The van der Waals surface area contributed by atoms with Crippen molar-refractivity contribution in [2.75, 3.05) is 6.61 Å². The number of benzene rings is 1. The SMILES string of the molecule is CC(N)Cc1ccccc1OCC1CCC1. The summed E-state index contributed by atoms with van der Waals surface area (Å²) in [4.78, 5) is 0. The van der Waals surface area contributed by atoms with Crippen molar-refractivity contribution in [1.29, 1.82) is 0 Å². The lowest BCUT2D eigenvalue weighted by Crippen LogP contribution is -2.21. The molecule has 0 heterocycles. The fraction of sp³-hybridized carbons (Fsp3) is 0.571. The van der Waals surface area contributed by atoms with Crippen LogP contribution < -0.4 is 10.5 Å². The summed E-state index contributed by atoms with van der Waals surface area (Å²) < 4.78 is 5.89. The zero-order valence-electron chi connectivity index (χ0n) is 9.99. The molecule has 2 rings (SSSR count). The van der Waals surface area contributed by atoms with Gasteiger partial charge < -0.3 is 10.5 Å². The Balaban J connectivity index is 1.94. The van der Waals surface area contributed by atoms with Crippen molar-refractivity contribution >= 4 is 0 Å². The normalized spacial score (nSPS) is 17.9. The van der Waals surface area contributed by atoms with Crippen LogP contribution in [0.15, 0.2) is 24.3 Å². The molecule has 0 aromatic heterocycles. The van der Waals surface area contributed by atoms with Crippen LogP contribution in [0.5, 0.6) is 5.75 Å². The van der Waals surface area contributed by atoms with E-state index in [1.54, 1.807) is 0 Å². The van der Waals surface area contributed by atoms with Gasteiger partial charge in [0.1, 0.15) is 5.75 Å². The molecule has 1 aliphatic carbocycles. The first-order valence-electron chi connectivity index (χ1n) is 6.22. The fourth-order valence-electron chi connectivity index (χ4n) is 2.03. The molecule has 16 heavy (non-hydrogen) atoms. The third-order valence-electron chi connectivity index (χ3n) is 3.21. The molecule has 0 aliphatic heterocycles. The molecule has 0 amide bonds. The first-order chi connectivity index (χ1) is 7.75. The topological polar surface area (TPSA) is 35.2 Å². The van der Waals surface area contributed by atoms with Gasteiger partial charge in [-0.25, -0.2) is 0 Å². The minimum Gasteiger partial charge on any atom is -0.493 e. The van der Waals surface area contributed by atoms with E-state index in [4.69, 9.17) is 10.5 Å². The van der Waals surface area contributed by atoms with E-state index in [1.165, 1.54) is 24.8 Å². The van der Waals surface area contributed by atoms with Crippen molar-refractivity contribution in [3.8, 4) is 5.75 Å². The van der Waals surface area contributed by atoms with E-state index in [9.17, 15) is 0 Å². The second-order valence-electron chi connectivity index (χ2n) is 4.90. The Kier molecular flexibility index (Phi) is 3.83. The summed E-state index contributed by atoms with van der Waals surface area (Å²) in [6, 6.07) is 8.43. The molecule has 0 spiro atoms. The zero-order chi connectivity index (χ0) is 11.4. The van der Waals surface area contributed by atoms with Crippen molar-refractivity contribution < 1.29 is 4.74 Å². The van der Waals surface area contributed by atoms with E-state index in [0.717, 1.165) is 24.7 Å². The van der Waals surface area contributed by atoms with Crippen LogP contribution in [0, 0.1) is 5.92 Å². The van der Waals surface area contributed by atoms with Crippen molar-refractivity contribution in [1.82, 2.24) is 0 Å². The summed E-state index contributed by atoms with van der Waals surface area (Å²) in [5.41, 5.74) is 7.06. The molecule has 1 atom stereocenters. The van der Waals surface area contributed by atoms with E-state index < -0.39 is 0 Å². The number of para-hydroxylation sites is 1. The molecule has 88 valence electrons. The summed E-state index contributed by atoms with van der Waals surface area (Å²) in [5.74, 6) is 1.80. The average Bonchev–Trinajstić information content (AvgIpc) is 2.17. The summed E-state index contributed by atoms with van der Waals surface area (Å²) in [7, 11) is 0. The molecule has 1 aromatic rings. The molecule has 0 radical (unpaired) electrons. The number of ether oxygens (including phenoxy) is 1. The van der Waals surface area contributed by atoms with Crippen molar-refractivity contribution in [3.05, 3.63) is 29.8 Å². The molecular formula is C14H21NO. The fourth-order valence-corrected chi connectivity index (χ4v) is 2.03. The van der Waals surface area contributed by atoms with Gasteiger partial charge in [0.15, 0.2) is 0 Å². The summed E-state index contributed by atoms with van der Waals surface area (Å²) in [6.45, 7) is 2.90. The Morgan fingerprint density at radius 1 is 1.38 bits per heavy atom. The number of nitrogens with two attached hydrogens (primary N) is 1. The minimum absolute atomic E-state index is 0.188. The highest BCUT2D eigenvalue weighted by Crippen LogP contribution is 2.28. The second-order valence-corrected chi connectivity index (χ2v) is 4.90. The average molecular weight is 219 g/mol. The van der Waals surface area contributed by atoms with Crippen molar-refractivity contribution in [3.63, 3.8) is 0 Å². The third kappa shape index (κ3) is 2.99. The maximum atomic E-state index is 5.89. The van der Waals surface area contributed by atoms with E-state index in [2.05, 4.69) is 12.1 Å². The standard InChI is InChI=1S/C14H21NO/c1-11(15)9-13-7-2-3-8-14(13)16-10-12-5-4-6-12/h2-3,7-8,11-12H,4-6,9-10,15H2,1H3. The van der Waals surface area contributed by atoms with Gasteiger partial charge in [-0.1, -0.05) is 24.6 Å². The van der Waals surface area contributed by atoms with Crippen molar-refractivity contribution in [2.45, 2.75) is 38.6 Å². The smallest absolute Gasteiger partial charge is 0.122 e. The van der Waals surface area contributed by atoms with Gasteiger partial charge in [-0.15, -0.1) is 0 Å². The highest BCUT2D eigenvalue weighted by Gasteiger charge is 2.18. The molecule has 2 heteroatoms. The zero-order valence-corrected chi connectivity index (χ0v) is 9.99. The molecule has 1 unspecified atom stereocenters. The predicted molar refractivity (Wildman–Crippen MR) is 66.6 cm³/mol. The molecule has 0 bridgehead atoms. The molecule has 2 N–H and O–H groups in total. The van der Waals surface area contributed by atoms with E-state index in [1.807, 2.05) is 19.1 Å². The van der Waals surface area contributed by atoms with Gasteiger partial charge in [0.25, 0.3) is 0 Å². The molecule has 1 fully saturated rings. The summed E-state index contributed by atoms with van der Waals surface area (Å²) in [6.07, 6.45) is 4.92. The molecular weight excluding hydrogens is 198 g/mol. The maximum Gasteiger partial charge on any atom is 0.122 e. The van der Waals surface area contributed by atoms with Gasteiger partial charge in [-0.3, -0.25) is 0 Å². The van der Waals surface area contributed by atoms with Gasteiger partial charge in [0.2, 0.25) is 0 Å². The van der Waals surface area contributed by atoms with Gasteiger partial charge in [0, 0.05) is 6.04 Å². The third-order valence-corrected chi connectivity index (χ3v) is 3.21. The van der Waals surface area contributed by atoms with Gasteiger partial charge in [-0.05, 0) is 43.7 Å².